The van der Waals surface area contributed by atoms with Crippen LogP contribution in [-0.4, -0.2) is 70.4 Å². The molecular formula is C30H44N2O5. The number of nitrogens with one attached hydrogen (secondary N) is 1. The van der Waals surface area contributed by atoms with Crippen molar-refractivity contribution in [2.45, 2.75) is 63.9 Å². The number of rotatable bonds is 12. The molecule has 2 N–H and O–H groups in total. The molecule has 0 aliphatic carbocycles. The highest BCUT2D eigenvalue weighted by Crippen LogP contribution is 2.35. The van der Waals surface area contributed by atoms with Crippen LogP contribution in [0.5, 0.6) is 11.5 Å². The maximum absolute atomic E-state index is 10.5. The molecule has 1 saturated heterocycles. The third kappa shape index (κ3) is 7.38. The summed E-state index contributed by atoms with van der Waals surface area (Å²) >= 11 is 0. The number of aliphatic hydroxyl groups is 1. The largest absolute Gasteiger partial charge is 0.497 e. The van der Waals surface area contributed by atoms with Crippen molar-refractivity contribution in [2.75, 3.05) is 52.0 Å². The lowest BCUT2D eigenvalue weighted by molar-refractivity contribution is -0.00352. The predicted octanol–water partition coefficient (Wildman–Crippen LogP) is 4.37. The Morgan fingerprint density at radius 3 is 2.68 bits per heavy atom. The van der Waals surface area contributed by atoms with E-state index in [9.17, 15) is 5.11 Å². The van der Waals surface area contributed by atoms with Crippen LogP contribution in [0.2, 0.25) is 0 Å². The lowest BCUT2D eigenvalue weighted by atomic mass is 9.82. The third-order valence-electron chi connectivity index (χ3n) is 7.66. The highest BCUT2D eigenvalue weighted by atomic mass is 16.5. The number of hydrogen-bond acceptors (Lipinski definition) is 7. The first-order chi connectivity index (χ1) is 18.0. The molecule has 2 aromatic carbocycles. The molecule has 204 valence electrons. The van der Waals surface area contributed by atoms with E-state index in [4.69, 9.17) is 18.9 Å². The molecule has 0 saturated carbocycles. The van der Waals surface area contributed by atoms with E-state index in [0.29, 0.717) is 13.2 Å². The van der Waals surface area contributed by atoms with Gasteiger partial charge < -0.3 is 34.3 Å². The number of anilines is 1. The van der Waals surface area contributed by atoms with Crippen LogP contribution < -0.4 is 19.7 Å². The lowest BCUT2D eigenvalue weighted by Crippen LogP contribution is -2.48. The quantitative estimate of drug-likeness (QED) is 0.409. The summed E-state index contributed by atoms with van der Waals surface area (Å²) in [6.07, 6.45) is 2.38. The number of piperidine rings is 1. The molecule has 2 aliphatic heterocycles. The van der Waals surface area contributed by atoms with Crippen molar-refractivity contribution in [3.8, 4) is 11.5 Å². The van der Waals surface area contributed by atoms with E-state index in [2.05, 4.69) is 54.4 Å². The number of hydrogen-bond donors (Lipinski definition) is 2. The summed E-state index contributed by atoms with van der Waals surface area (Å²) in [5.41, 5.74) is 3.53. The van der Waals surface area contributed by atoms with E-state index < -0.39 is 0 Å². The Morgan fingerprint density at radius 2 is 1.95 bits per heavy atom. The van der Waals surface area contributed by atoms with Gasteiger partial charge in [0.1, 0.15) is 18.1 Å². The summed E-state index contributed by atoms with van der Waals surface area (Å²) in [6, 6.07) is 15.0. The average molecular weight is 513 g/mol. The zero-order valence-corrected chi connectivity index (χ0v) is 22.8. The molecule has 1 unspecified atom stereocenters. The summed E-state index contributed by atoms with van der Waals surface area (Å²) in [5.74, 6) is 2.28. The van der Waals surface area contributed by atoms with Gasteiger partial charge >= 0.3 is 0 Å². The molecule has 4 rings (SSSR count). The molecule has 37 heavy (non-hydrogen) atoms. The van der Waals surface area contributed by atoms with Crippen LogP contribution in [0.1, 0.15) is 50.2 Å². The topological polar surface area (TPSA) is 72.4 Å². The Morgan fingerprint density at radius 1 is 1.14 bits per heavy atom. The number of aliphatic hydroxyl groups excluding tert-OH is 1. The van der Waals surface area contributed by atoms with E-state index in [0.717, 1.165) is 68.3 Å². The summed E-state index contributed by atoms with van der Waals surface area (Å²) in [7, 11) is 3.44. The summed E-state index contributed by atoms with van der Waals surface area (Å²) in [4.78, 5) is 2.38. The van der Waals surface area contributed by atoms with Crippen molar-refractivity contribution < 1.29 is 24.1 Å². The first-order valence-electron chi connectivity index (χ1n) is 13.6. The van der Waals surface area contributed by atoms with Crippen LogP contribution in [-0.2, 0) is 16.1 Å². The van der Waals surface area contributed by atoms with Crippen molar-refractivity contribution in [1.29, 1.82) is 0 Å². The fourth-order valence-corrected chi connectivity index (χ4v) is 5.33. The molecule has 4 atom stereocenters. The Balaban J connectivity index is 1.45. The first kappa shape index (κ1) is 27.7. The van der Waals surface area contributed by atoms with Gasteiger partial charge in [0.25, 0.3) is 0 Å². The van der Waals surface area contributed by atoms with E-state index in [1.54, 1.807) is 14.2 Å². The second-order valence-electron chi connectivity index (χ2n) is 10.6. The second kappa shape index (κ2) is 13.5. The van der Waals surface area contributed by atoms with Gasteiger partial charge in [-0.2, -0.15) is 0 Å². The average Bonchev–Trinajstić information content (AvgIpc) is 2.92. The van der Waals surface area contributed by atoms with Crippen LogP contribution in [0.4, 0.5) is 5.69 Å². The molecular weight excluding hydrogens is 468 g/mol. The van der Waals surface area contributed by atoms with E-state index in [1.807, 2.05) is 12.1 Å². The number of ether oxygens (including phenoxy) is 4. The van der Waals surface area contributed by atoms with Gasteiger partial charge in [-0.15, -0.1) is 0 Å². The van der Waals surface area contributed by atoms with Gasteiger partial charge in [-0.1, -0.05) is 32.0 Å². The zero-order valence-electron chi connectivity index (χ0n) is 22.8. The summed E-state index contributed by atoms with van der Waals surface area (Å²) in [5, 5.41) is 14.1. The molecule has 2 heterocycles. The van der Waals surface area contributed by atoms with Crippen molar-refractivity contribution in [3.05, 3.63) is 53.6 Å². The predicted molar refractivity (Wildman–Crippen MR) is 147 cm³/mol. The molecule has 0 spiro atoms. The Kier molecular flexibility index (Phi) is 10.1. The second-order valence-corrected chi connectivity index (χ2v) is 10.6. The molecule has 1 fully saturated rings. The van der Waals surface area contributed by atoms with Gasteiger partial charge in [0.2, 0.25) is 0 Å². The number of methoxy groups -OCH3 is 2. The highest BCUT2D eigenvalue weighted by Gasteiger charge is 2.33. The van der Waals surface area contributed by atoms with Gasteiger partial charge in [-0.05, 0) is 60.6 Å². The molecule has 0 aromatic heterocycles. The number of fused-ring (bicyclic) bond motifs is 1. The minimum Gasteiger partial charge on any atom is -0.497 e. The van der Waals surface area contributed by atoms with Crippen LogP contribution in [0.25, 0.3) is 0 Å². The third-order valence-corrected chi connectivity index (χ3v) is 7.66. The SMILES string of the molecule is COCCCN1CCOc2ccc(COC3CN[C@@H](C[C@H](O)C(C)C)C[C@@H]3c3ccc(OC)cc3)cc21. The Hall–Kier alpha value is -2.32. The summed E-state index contributed by atoms with van der Waals surface area (Å²) in [6.45, 7) is 8.74. The van der Waals surface area contributed by atoms with Crippen molar-refractivity contribution in [2.24, 2.45) is 5.92 Å². The Labute approximate surface area is 222 Å². The molecule has 2 aliphatic rings. The van der Waals surface area contributed by atoms with Crippen molar-refractivity contribution in [1.82, 2.24) is 5.32 Å². The Bertz CT molecular complexity index is 967. The van der Waals surface area contributed by atoms with Crippen LogP contribution in [0.15, 0.2) is 42.5 Å². The molecule has 0 radical (unpaired) electrons. The minimum absolute atomic E-state index is 0.0333. The lowest BCUT2D eigenvalue weighted by Gasteiger charge is -2.38. The van der Waals surface area contributed by atoms with Crippen molar-refractivity contribution >= 4 is 5.69 Å². The maximum atomic E-state index is 10.5. The summed E-state index contributed by atoms with van der Waals surface area (Å²) < 4.78 is 23.1. The van der Waals surface area contributed by atoms with Gasteiger partial charge in [0, 0.05) is 38.8 Å². The fourth-order valence-electron chi connectivity index (χ4n) is 5.33. The normalized spacial score (nSPS) is 22.4. The first-order valence-corrected chi connectivity index (χ1v) is 13.6. The molecule has 7 heteroatoms. The fraction of sp³-hybridized carbons (Fsp3) is 0.600. The van der Waals surface area contributed by atoms with Crippen LogP contribution >= 0.6 is 0 Å². The van der Waals surface area contributed by atoms with E-state index in [-0.39, 0.29) is 30.1 Å². The van der Waals surface area contributed by atoms with Gasteiger partial charge in [0.15, 0.2) is 0 Å². The van der Waals surface area contributed by atoms with Gasteiger partial charge in [-0.25, -0.2) is 0 Å². The monoisotopic (exact) mass is 512 g/mol. The van der Waals surface area contributed by atoms with Gasteiger partial charge in [-0.3, -0.25) is 0 Å². The maximum Gasteiger partial charge on any atom is 0.142 e. The molecule has 7 nitrogen and oxygen atoms in total. The smallest absolute Gasteiger partial charge is 0.142 e. The molecule has 2 aromatic rings. The van der Waals surface area contributed by atoms with E-state index >= 15 is 0 Å². The van der Waals surface area contributed by atoms with Crippen LogP contribution in [0, 0.1) is 5.92 Å². The number of benzene rings is 2. The highest BCUT2D eigenvalue weighted by molar-refractivity contribution is 5.61. The van der Waals surface area contributed by atoms with E-state index in [1.165, 1.54) is 5.56 Å². The van der Waals surface area contributed by atoms with Gasteiger partial charge in [0.05, 0.1) is 38.2 Å². The standard InChI is InChI=1S/C30H44N2O5/c1-21(2)28(33)18-24-17-26(23-7-9-25(35-4)10-8-23)30(19-31-24)37-20-22-6-11-29-27(16-22)32(13-15-36-29)12-5-14-34-3/h6-11,16,21,24,26,28,30-31,33H,5,12-15,17-20H2,1-4H3/t24-,26-,28+,30?/m1/s1. The van der Waals surface area contributed by atoms with Crippen LogP contribution in [0.3, 0.4) is 0 Å². The molecule has 0 bridgehead atoms. The minimum atomic E-state index is -0.309. The zero-order chi connectivity index (χ0) is 26.2. The number of nitrogens with zero attached hydrogens (tertiary/aromatic N) is 1. The van der Waals surface area contributed by atoms with Crippen molar-refractivity contribution in [3.63, 3.8) is 0 Å². The molecule has 0 amide bonds.